The molecule has 1 saturated carbocycles. The Labute approximate surface area is 79.5 Å². The van der Waals surface area contributed by atoms with Crippen LogP contribution in [-0.4, -0.2) is 12.2 Å². The molecule has 2 unspecified atom stereocenters. The topological polar surface area (TPSA) is 9.23 Å². The van der Waals surface area contributed by atoms with E-state index in [-0.39, 0.29) is 5.60 Å². The van der Waals surface area contributed by atoms with E-state index < -0.39 is 0 Å². The van der Waals surface area contributed by atoms with Crippen LogP contribution in [0, 0.1) is 5.92 Å². The van der Waals surface area contributed by atoms with Gasteiger partial charge < -0.3 is 4.74 Å². The van der Waals surface area contributed by atoms with E-state index in [1.54, 1.807) is 11.1 Å². The number of hydrogen-bond acceptors (Lipinski definition) is 1. The van der Waals surface area contributed by atoms with Gasteiger partial charge in [0, 0.05) is 5.92 Å². The Hall–Kier alpha value is -0.560. The van der Waals surface area contributed by atoms with Gasteiger partial charge in [0.1, 0.15) is 0 Å². The number of hydrogen-bond donors (Lipinski definition) is 0. The lowest BCUT2D eigenvalue weighted by molar-refractivity contribution is 0.0971. The van der Waals surface area contributed by atoms with Gasteiger partial charge >= 0.3 is 0 Å². The number of ether oxygens (including phenoxy) is 1. The van der Waals surface area contributed by atoms with E-state index in [1.165, 1.54) is 25.7 Å². The molecule has 0 aromatic carbocycles. The standard InChI is InChI=1S/C12H16O/c1-2-3-9-6-10-4-5-13-12(10)8-11(12)7-9/h6-7,11H,2-5,8H2,1H3. The van der Waals surface area contributed by atoms with Crippen molar-refractivity contribution in [3.63, 3.8) is 0 Å². The third-order valence-corrected chi connectivity index (χ3v) is 3.55. The van der Waals surface area contributed by atoms with Crippen molar-refractivity contribution in [2.75, 3.05) is 6.61 Å². The molecule has 2 atom stereocenters. The first-order valence-electron chi connectivity index (χ1n) is 5.41. The van der Waals surface area contributed by atoms with E-state index in [0.29, 0.717) is 0 Å². The van der Waals surface area contributed by atoms with Gasteiger partial charge in [-0.15, -0.1) is 0 Å². The lowest BCUT2D eigenvalue weighted by atomic mass is 9.94. The van der Waals surface area contributed by atoms with Crippen LogP contribution < -0.4 is 0 Å². The summed E-state index contributed by atoms with van der Waals surface area (Å²) in [5.41, 5.74) is 3.36. The zero-order chi connectivity index (χ0) is 8.89. The average Bonchev–Trinajstić information content (AvgIpc) is 2.66. The van der Waals surface area contributed by atoms with Gasteiger partial charge in [0.15, 0.2) is 0 Å². The molecule has 1 nitrogen and oxygen atoms in total. The average molecular weight is 176 g/mol. The Morgan fingerprint density at radius 3 is 3.38 bits per heavy atom. The maximum Gasteiger partial charge on any atom is 0.0966 e. The second kappa shape index (κ2) is 2.48. The Morgan fingerprint density at radius 1 is 1.62 bits per heavy atom. The number of allylic oxidation sites excluding steroid dienone is 2. The lowest BCUT2D eigenvalue weighted by Gasteiger charge is -2.16. The monoisotopic (exact) mass is 176 g/mol. The van der Waals surface area contributed by atoms with E-state index >= 15 is 0 Å². The van der Waals surface area contributed by atoms with Gasteiger partial charge in [-0.05, 0) is 24.8 Å². The summed E-state index contributed by atoms with van der Waals surface area (Å²) in [7, 11) is 0. The van der Waals surface area contributed by atoms with Gasteiger partial charge in [0.2, 0.25) is 0 Å². The van der Waals surface area contributed by atoms with Crippen LogP contribution in [0.5, 0.6) is 0 Å². The molecule has 0 amide bonds. The minimum absolute atomic E-state index is 0.219. The summed E-state index contributed by atoms with van der Waals surface area (Å²) in [5.74, 6) is 0.733. The Morgan fingerprint density at radius 2 is 2.54 bits per heavy atom. The number of rotatable bonds is 2. The summed E-state index contributed by atoms with van der Waals surface area (Å²) in [5, 5.41) is 0. The van der Waals surface area contributed by atoms with Gasteiger partial charge in [0.25, 0.3) is 0 Å². The SMILES string of the molecule is CCCC1=CC2CC23OCCC3=C1. The molecule has 13 heavy (non-hydrogen) atoms. The third-order valence-electron chi connectivity index (χ3n) is 3.55. The summed E-state index contributed by atoms with van der Waals surface area (Å²) in [4.78, 5) is 0. The summed E-state index contributed by atoms with van der Waals surface area (Å²) in [6.45, 7) is 3.20. The minimum atomic E-state index is 0.219. The second-order valence-corrected chi connectivity index (χ2v) is 4.46. The Kier molecular flexibility index (Phi) is 1.49. The predicted octanol–water partition coefficient (Wildman–Crippen LogP) is 2.83. The molecule has 1 heterocycles. The molecule has 0 aromatic rings. The van der Waals surface area contributed by atoms with Crippen LogP contribution in [0.3, 0.4) is 0 Å². The largest absolute Gasteiger partial charge is 0.370 e. The molecule has 1 aliphatic heterocycles. The maximum absolute atomic E-state index is 5.83. The highest BCUT2D eigenvalue weighted by Crippen LogP contribution is 2.59. The molecule has 0 radical (unpaired) electrons. The van der Waals surface area contributed by atoms with Crippen molar-refractivity contribution in [3.8, 4) is 0 Å². The van der Waals surface area contributed by atoms with Crippen molar-refractivity contribution < 1.29 is 4.74 Å². The van der Waals surface area contributed by atoms with Gasteiger partial charge in [-0.3, -0.25) is 0 Å². The van der Waals surface area contributed by atoms with E-state index in [9.17, 15) is 0 Å². The van der Waals surface area contributed by atoms with Crippen molar-refractivity contribution in [1.82, 2.24) is 0 Å². The van der Waals surface area contributed by atoms with Crippen LogP contribution in [0.1, 0.15) is 32.6 Å². The van der Waals surface area contributed by atoms with Crippen molar-refractivity contribution in [2.24, 2.45) is 5.92 Å². The van der Waals surface area contributed by atoms with Crippen molar-refractivity contribution in [3.05, 3.63) is 23.3 Å². The predicted molar refractivity (Wildman–Crippen MR) is 52.5 cm³/mol. The molecule has 0 N–H and O–H groups in total. The molecule has 1 heteroatoms. The first-order valence-corrected chi connectivity index (χ1v) is 5.41. The zero-order valence-electron chi connectivity index (χ0n) is 8.18. The minimum Gasteiger partial charge on any atom is -0.370 e. The smallest absolute Gasteiger partial charge is 0.0966 e. The van der Waals surface area contributed by atoms with Crippen LogP contribution in [-0.2, 0) is 4.74 Å². The maximum atomic E-state index is 5.83. The fraction of sp³-hybridized carbons (Fsp3) is 0.667. The van der Waals surface area contributed by atoms with Crippen LogP contribution in [0.15, 0.2) is 23.3 Å². The summed E-state index contributed by atoms with van der Waals surface area (Å²) < 4.78 is 5.83. The van der Waals surface area contributed by atoms with Crippen LogP contribution in [0.2, 0.25) is 0 Å². The van der Waals surface area contributed by atoms with E-state index in [2.05, 4.69) is 19.1 Å². The highest BCUT2D eigenvalue weighted by Gasteiger charge is 2.60. The van der Waals surface area contributed by atoms with Crippen LogP contribution >= 0.6 is 0 Å². The lowest BCUT2D eigenvalue weighted by Crippen LogP contribution is -2.14. The van der Waals surface area contributed by atoms with Gasteiger partial charge in [-0.25, -0.2) is 0 Å². The fourth-order valence-electron chi connectivity index (χ4n) is 2.81. The first kappa shape index (κ1) is 7.81. The summed E-state index contributed by atoms with van der Waals surface area (Å²) in [6, 6.07) is 0. The molecular formula is C12H16O. The van der Waals surface area contributed by atoms with E-state index in [1.807, 2.05) is 0 Å². The molecule has 2 fully saturated rings. The Bertz CT molecular complexity index is 300. The molecular weight excluding hydrogens is 160 g/mol. The second-order valence-electron chi connectivity index (χ2n) is 4.46. The highest BCUT2D eigenvalue weighted by molar-refractivity contribution is 5.45. The fourth-order valence-corrected chi connectivity index (χ4v) is 2.81. The molecule has 0 bridgehead atoms. The van der Waals surface area contributed by atoms with Crippen molar-refractivity contribution in [1.29, 1.82) is 0 Å². The molecule has 1 saturated heterocycles. The quantitative estimate of drug-likeness (QED) is 0.628. The van der Waals surface area contributed by atoms with Crippen molar-refractivity contribution in [2.45, 2.75) is 38.2 Å². The van der Waals surface area contributed by atoms with Crippen LogP contribution in [0.4, 0.5) is 0 Å². The summed E-state index contributed by atoms with van der Waals surface area (Å²) in [6.07, 6.45) is 9.79. The van der Waals surface area contributed by atoms with E-state index in [0.717, 1.165) is 12.5 Å². The highest BCUT2D eigenvalue weighted by atomic mass is 16.5. The molecule has 0 aromatic heterocycles. The molecule has 3 aliphatic rings. The van der Waals surface area contributed by atoms with Crippen molar-refractivity contribution >= 4 is 0 Å². The Balaban J connectivity index is 1.90. The molecule has 2 aliphatic carbocycles. The first-order chi connectivity index (χ1) is 6.35. The summed E-state index contributed by atoms with van der Waals surface area (Å²) >= 11 is 0. The van der Waals surface area contributed by atoms with Gasteiger partial charge in [-0.2, -0.15) is 0 Å². The van der Waals surface area contributed by atoms with Gasteiger partial charge in [-0.1, -0.05) is 31.1 Å². The molecule has 70 valence electrons. The molecule has 1 spiro atoms. The van der Waals surface area contributed by atoms with Crippen LogP contribution in [0.25, 0.3) is 0 Å². The zero-order valence-corrected chi connectivity index (χ0v) is 8.18. The third kappa shape index (κ3) is 0.969. The van der Waals surface area contributed by atoms with Gasteiger partial charge in [0.05, 0.1) is 12.2 Å². The normalized spacial score (nSPS) is 40.5. The molecule has 3 rings (SSSR count). The van der Waals surface area contributed by atoms with E-state index in [4.69, 9.17) is 4.74 Å².